The molecule has 0 saturated carbocycles. The van der Waals surface area contributed by atoms with E-state index in [1.165, 1.54) is 12.5 Å². The van der Waals surface area contributed by atoms with Gasteiger partial charge in [-0.15, -0.1) is 11.3 Å². The highest BCUT2D eigenvalue weighted by atomic mass is 32.1. The van der Waals surface area contributed by atoms with Crippen molar-refractivity contribution in [3.8, 4) is 10.6 Å². The van der Waals surface area contributed by atoms with Crippen LogP contribution in [-0.2, 0) is 22.1 Å². The maximum atomic E-state index is 12.8. The number of esters is 1. The summed E-state index contributed by atoms with van der Waals surface area (Å²) in [5.41, 5.74) is -1.68. The molecular formula is C14H10F5NO2S. The molecule has 0 atom stereocenters. The van der Waals surface area contributed by atoms with Gasteiger partial charge in [0, 0.05) is 16.5 Å². The van der Waals surface area contributed by atoms with E-state index in [0.717, 1.165) is 23.5 Å². The number of nitrogens with zero attached hydrogens (tertiary/aromatic N) is 1. The van der Waals surface area contributed by atoms with Gasteiger partial charge in [-0.3, -0.25) is 4.79 Å². The Bertz CT molecular complexity index is 711. The van der Waals surface area contributed by atoms with Crippen LogP contribution in [-0.4, -0.2) is 18.1 Å². The first kappa shape index (κ1) is 17.3. The predicted octanol–water partition coefficient (Wildman–Crippen LogP) is 4.48. The molecule has 1 aromatic heterocycles. The Morgan fingerprint density at radius 1 is 1.30 bits per heavy atom. The number of thiazole rings is 1. The molecule has 0 fully saturated rings. The molecule has 1 heterocycles. The maximum Gasteiger partial charge on any atom is 0.416 e. The van der Waals surface area contributed by atoms with Gasteiger partial charge >= 0.3 is 12.1 Å². The maximum absolute atomic E-state index is 12.8. The fraction of sp³-hybridized carbons (Fsp3) is 0.286. The molecule has 0 aliphatic carbocycles. The van der Waals surface area contributed by atoms with Crippen LogP contribution in [0.2, 0.25) is 0 Å². The number of aromatic nitrogens is 1. The minimum Gasteiger partial charge on any atom is -0.469 e. The number of carbonyl (C=O) groups is 1. The Hall–Kier alpha value is -2.03. The highest BCUT2D eigenvalue weighted by Gasteiger charge is 2.32. The molecule has 9 heteroatoms. The van der Waals surface area contributed by atoms with E-state index in [1.807, 2.05) is 0 Å². The van der Waals surface area contributed by atoms with Crippen molar-refractivity contribution in [2.75, 3.05) is 7.11 Å². The van der Waals surface area contributed by atoms with Gasteiger partial charge in [0.25, 0.3) is 6.43 Å². The summed E-state index contributed by atoms with van der Waals surface area (Å²) in [7, 11) is 1.19. The smallest absolute Gasteiger partial charge is 0.416 e. The zero-order valence-corrected chi connectivity index (χ0v) is 12.5. The average Bonchev–Trinajstić information content (AvgIpc) is 2.94. The van der Waals surface area contributed by atoms with Gasteiger partial charge < -0.3 is 4.74 Å². The van der Waals surface area contributed by atoms with E-state index >= 15 is 0 Å². The third kappa shape index (κ3) is 4.25. The number of alkyl halides is 5. The molecule has 124 valence electrons. The third-order valence-corrected chi connectivity index (χ3v) is 3.83. The number of halogens is 5. The van der Waals surface area contributed by atoms with Crippen LogP contribution in [0, 0.1) is 0 Å². The number of benzene rings is 1. The largest absolute Gasteiger partial charge is 0.469 e. The van der Waals surface area contributed by atoms with Crippen LogP contribution in [0.4, 0.5) is 22.0 Å². The molecule has 23 heavy (non-hydrogen) atoms. The Morgan fingerprint density at radius 3 is 2.57 bits per heavy atom. The van der Waals surface area contributed by atoms with Gasteiger partial charge in [0.1, 0.15) is 5.01 Å². The molecule has 0 spiro atoms. The number of carbonyl (C=O) groups excluding carboxylic acids is 1. The summed E-state index contributed by atoms with van der Waals surface area (Å²) in [6, 6.07) is 2.13. The number of hydrogen-bond donors (Lipinski definition) is 0. The quantitative estimate of drug-likeness (QED) is 0.602. The van der Waals surface area contributed by atoms with Gasteiger partial charge in [-0.1, -0.05) is 0 Å². The van der Waals surface area contributed by atoms with Crippen LogP contribution in [0.1, 0.15) is 23.2 Å². The van der Waals surface area contributed by atoms with E-state index in [0.29, 0.717) is 11.8 Å². The molecule has 0 saturated heterocycles. The van der Waals surface area contributed by atoms with E-state index in [1.54, 1.807) is 0 Å². The van der Waals surface area contributed by atoms with E-state index in [-0.39, 0.29) is 17.0 Å². The van der Waals surface area contributed by atoms with Crippen molar-refractivity contribution < 1.29 is 31.5 Å². The summed E-state index contributed by atoms with van der Waals surface area (Å²) in [6.07, 6.45) is -7.93. The predicted molar refractivity (Wildman–Crippen MR) is 73.2 cm³/mol. The molecule has 0 N–H and O–H groups in total. The monoisotopic (exact) mass is 351 g/mol. The summed E-state index contributed by atoms with van der Waals surface area (Å²) in [6.45, 7) is 0. The lowest BCUT2D eigenvalue weighted by Gasteiger charge is -2.11. The normalized spacial score (nSPS) is 11.8. The highest BCUT2D eigenvalue weighted by Crippen LogP contribution is 2.36. The van der Waals surface area contributed by atoms with E-state index < -0.39 is 29.7 Å². The molecule has 1 aromatic carbocycles. The second-order valence-electron chi connectivity index (χ2n) is 4.54. The lowest BCUT2D eigenvalue weighted by Crippen LogP contribution is -2.06. The second-order valence-corrected chi connectivity index (χ2v) is 5.40. The number of methoxy groups -OCH3 is 1. The van der Waals surface area contributed by atoms with E-state index in [4.69, 9.17) is 0 Å². The fourth-order valence-corrected chi connectivity index (χ4v) is 2.61. The van der Waals surface area contributed by atoms with Crippen LogP contribution in [0.5, 0.6) is 0 Å². The van der Waals surface area contributed by atoms with Crippen LogP contribution in [0.25, 0.3) is 10.6 Å². The molecule has 0 bridgehead atoms. The molecule has 2 rings (SSSR count). The van der Waals surface area contributed by atoms with Crippen molar-refractivity contribution in [3.63, 3.8) is 0 Å². The molecular weight excluding hydrogens is 341 g/mol. The molecule has 0 radical (unpaired) electrons. The van der Waals surface area contributed by atoms with Crippen molar-refractivity contribution >= 4 is 17.3 Å². The van der Waals surface area contributed by atoms with Crippen molar-refractivity contribution in [2.24, 2.45) is 0 Å². The number of rotatable bonds is 4. The number of hydrogen-bond acceptors (Lipinski definition) is 4. The fourth-order valence-electron chi connectivity index (χ4n) is 1.81. The van der Waals surface area contributed by atoms with Gasteiger partial charge in [0.05, 0.1) is 24.8 Å². The van der Waals surface area contributed by atoms with E-state index in [9.17, 15) is 26.7 Å². The third-order valence-electron chi connectivity index (χ3n) is 2.89. The summed E-state index contributed by atoms with van der Waals surface area (Å²) < 4.78 is 68.6. The summed E-state index contributed by atoms with van der Waals surface area (Å²) in [5.74, 6) is -0.556. The first-order valence-corrected chi connectivity index (χ1v) is 7.10. The standard InChI is InChI=1S/C14H10F5NO2S/c1-22-11(21)5-10-6-23-13(20-10)8-2-7(12(15)16)3-9(4-8)14(17,18)19/h2-4,6,12H,5H2,1H3. The minimum absolute atomic E-state index is 0.0729. The lowest BCUT2D eigenvalue weighted by atomic mass is 10.1. The van der Waals surface area contributed by atoms with Gasteiger partial charge in [-0.2, -0.15) is 13.2 Å². The molecule has 2 aromatic rings. The molecule has 0 unspecified atom stereocenters. The molecule has 0 aliphatic rings. The Labute approximate surface area is 131 Å². The van der Waals surface area contributed by atoms with Crippen LogP contribution in [0.15, 0.2) is 23.6 Å². The minimum atomic E-state index is -4.74. The Morgan fingerprint density at radius 2 is 2.00 bits per heavy atom. The summed E-state index contributed by atoms with van der Waals surface area (Å²) >= 11 is 0.964. The van der Waals surface area contributed by atoms with E-state index in [2.05, 4.69) is 9.72 Å². The SMILES string of the molecule is COC(=O)Cc1csc(-c2cc(C(F)F)cc(C(F)(F)F)c2)n1. The van der Waals surface area contributed by atoms with Crippen LogP contribution < -0.4 is 0 Å². The first-order valence-electron chi connectivity index (χ1n) is 6.22. The molecule has 0 aliphatic heterocycles. The van der Waals surface area contributed by atoms with Crippen molar-refractivity contribution in [1.82, 2.24) is 4.98 Å². The van der Waals surface area contributed by atoms with Crippen molar-refractivity contribution in [3.05, 3.63) is 40.4 Å². The van der Waals surface area contributed by atoms with Gasteiger partial charge in [-0.25, -0.2) is 13.8 Å². The number of ether oxygens (including phenoxy) is 1. The topological polar surface area (TPSA) is 39.2 Å². The zero-order chi connectivity index (χ0) is 17.2. The van der Waals surface area contributed by atoms with Crippen molar-refractivity contribution in [1.29, 1.82) is 0 Å². The highest BCUT2D eigenvalue weighted by molar-refractivity contribution is 7.13. The first-order chi connectivity index (χ1) is 10.7. The van der Waals surface area contributed by atoms with Crippen molar-refractivity contribution in [2.45, 2.75) is 19.0 Å². The average molecular weight is 351 g/mol. The summed E-state index contributed by atoms with van der Waals surface area (Å²) in [4.78, 5) is 15.1. The molecule has 0 amide bonds. The molecule has 3 nitrogen and oxygen atoms in total. The van der Waals surface area contributed by atoms with Crippen LogP contribution >= 0.6 is 11.3 Å². The van der Waals surface area contributed by atoms with Gasteiger partial charge in [0.2, 0.25) is 0 Å². The Kier molecular flexibility index (Phi) is 4.98. The summed E-state index contributed by atoms with van der Waals surface area (Å²) in [5, 5.41) is 1.59. The van der Waals surface area contributed by atoms with Gasteiger partial charge in [-0.05, 0) is 18.2 Å². The van der Waals surface area contributed by atoms with Crippen LogP contribution in [0.3, 0.4) is 0 Å². The van der Waals surface area contributed by atoms with Gasteiger partial charge in [0.15, 0.2) is 0 Å². The zero-order valence-electron chi connectivity index (χ0n) is 11.7. The lowest BCUT2D eigenvalue weighted by molar-refractivity contribution is -0.140. The Balaban J connectivity index is 2.42. The second kappa shape index (κ2) is 6.61.